The van der Waals surface area contributed by atoms with Gasteiger partial charge in [-0.15, -0.1) is 5.10 Å². The average molecular weight is 370 g/mol. The minimum Gasteiger partial charge on any atom is -0.363 e. The summed E-state index contributed by atoms with van der Waals surface area (Å²) in [5.74, 6) is -0.103. The van der Waals surface area contributed by atoms with Crippen LogP contribution in [-0.2, 0) is 23.1 Å². The van der Waals surface area contributed by atoms with Crippen LogP contribution in [0.25, 0.3) is 0 Å². The number of carbonyl (C=O) groups is 2. The number of aromatic nitrogens is 4. The average Bonchev–Trinajstić information content (AvgIpc) is 3.32. The maximum absolute atomic E-state index is 12.6. The Labute approximate surface area is 156 Å². The molecule has 2 aliphatic heterocycles. The molecule has 0 aliphatic carbocycles. The second-order valence-corrected chi connectivity index (χ2v) is 6.88. The van der Waals surface area contributed by atoms with Crippen LogP contribution in [0.15, 0.2) is 30.7 Å². The van der Waals surface area contributed by atoms with E-state index in [1.807, 2.05) is 18.2 Å². The Bertz CT molecular complexity index is 824. The number of aryl methyl sites for hydroxylation is 1. The standard InChI is InChI=1S/C18H22N6O3/c1-23-11-21-16(22-23)18(26)24-9-7-14-13(24)5-6-15(27-14)17(25)20-10-12-4-2-3-8-19-12/h2-4,8,11,13-15H,5-7,9-10H2,1H3,(H,20,25)/t13-,14-,15-/m1/s1. The molecule has 2 fully saturated rings. The summed E-state index contributed by atoms with van der Waals surface area (Å²) in [5.41, 5.74) is 0.806. The van der Waals surface area contributed by atoms with Crippen LogP contribution in [0.3, 0.4) is 0 Å². The molecule has 0 aromatic carbocycles. The zero-order valence-corrected chi connectivity index (χ0v) is 15.1. The third kappa shape index (κ3) is 3.68. The minimum absolute atomic E-state index is 0.0267. The molecule has 2 amide bonds. The Morgan fingerprint density at radius 3 is 2.89 bits per heavy atom. The normalized spacial score (nSPS) is 24.5. The van der Waals surface area contributed by atoms with Gasteiger partial charge in [0.2, 0.25) is 11.7 Å². The van der Waals surface area contributed by atoms with E-state index in [2.05, 4.69) is 20.4 Å². The van der Waals surface area contributed by atoms with E-state index in [-0.39, 0.29) is 29.8 Å². The van der Waals surface area contributed by atoms with Gasteiger partial charge < -0.3 is 15.0 Å². The highest BCUT2D eigenvalue weighted by Gasteiger charge is 2.44. The molecule has 2 aromatic heterocycles. The van der Waals surface area contributed by atoms with Crippen LogP contribution < -0.4 is 5.32 Å². The molecule has 4 rings (SSSR count). The number of hydrogen-bond acceptors (Lipinski definition) is 6. The predicted molar refractivity (Wildman–Crippen MR) is 94.4 cm³/mol. The summed E-state index contributed by atoms with van der Waals surface area (Å²) in [4.78, 5) is 35.1. The molecule has 0 radical (unpaired) electrons. The lowest BCUT2D eigenvalue weighted by atomic mass is 9.98. The Morgan fingerprint density at radius 2 is 2.15 bits per heavy atom. The van der Waals surface area contributed by atoms with Crippen LogP contribution in [0.2, 0.25) is 0 Å². The number of ether oxygens (including phenoxy) is 1. The van der Waals surface area contributed by atoms with Crippen LogP contribution in [0.5, 0.6) is 0 Å². The third-order valence-electron chi connectivity index (χ3n) is 5.06. The maximum Gasteiger partial charge on any atom is 0.293 e. The zero-order valence-electron chi connectivity index (χ0n) is 15.1. The Balaban J connectivity index is 1.33. The highest BCUT2D eigenvalue weighted by atomic mass is 16.5. The first-order valence-corrected chi connectivity index (χ1v) is 9.11. The summed E-state index contributed by atoms with van der Waals surface area (Å²) in [6.45, 7) is 0.971. The van der Waals surface area contributed by atoms with Crippen molar-refractivity contribution in [2.45, 2.75) is 44.1 Å². The lowest BCUT2D eigenvalue weighted by Gasteiger charge is -2.35. The van der Waals surface area contributed by atoms with E-state index in [0.29, 0.717) is 25.9 Å². The number of pyridine rings is 1. The molecule has 0 bridgehead atoms. The molecule has 9 nitrogen and oxygen atoms in total. The van der Waals surface area contributed by atoms with Gasteiger partial charge in [0.05, 0.1) is 24.4 Å². The summed E-state index contributed by atoms with van der Waals surface area (Å²) in [6, 6.07) is 5.56. The van der Waals surface area contributed by atoms with E-state index in [1.54, 1.807) is 18.1 Å². The smallest absolute Gasteiger partial charge is 0.293 e. The number of likely N-dealkylation sites (tertiary alicyclic amines) is 1. The van der Waals surface area contributed by atoms with Crippen molar-refractivity contribution < 1.29 is 14.3 Å². The van der Waals surface area contributed by atoms with Crippen molar-refractivity contribution in [3.8, 4) is 0 Å². The molecule has 0 saturated carbocycles. The van der Waals surface area contributed by atoms with Gasteiger partial charge in [-0.05, 0) is 31.4 Å². The lowest BCUT2D eigenvalue weighted by Crippen LogP contribution is -2.49. The van der Waals surface area contributed by atoms with Gasteiger partial charge in [0.15, 0.2) is 0 Å². The largest absolute Gasteiger partial charge is 0.363 e. The fourth-order valence-corrected chi connectivity index (χ4v) is 3.73. The van der Waals surface area contributed by atoms with Gasteiger partial charge in [-0.3, -0.25) is 19.3 Å². The highest BCUT2D eigenvalue weighted by molar-refractivity contribution is 5.91. The van der Waals surface area contributed by atoms with Gasteiger partial charge in [-0.1, -0.05) is 6.07 Å². The van der Waals surface area contributed by atoms with E-state index < -0.39 is 6.10 Å². The quantitative estimate of drug-likeness (QED) is 0.830. The van der Waals surface area contributed by atoms with Crippen molar-refractivity contribution >= 4 is 11.8 Å². The molecule has 0 unspecified atom stereocenters. The first kappa shape index (κ1) is 17.6. The SMILES string of the molecule is Cn1cnc(C(=O)N2CC[C@H]3O[C@@H](C(=O)NCc4ccccn4)CC[C@H]32)n1. The van der Waals surface area contributed by atoms with E-state index in [0.717, 1.165) is 12.1 Å². The van der Waals surface area contributed by atoms with Crippen molar-refractivity contribution in [1.29, 1.82) is 0 Å². The molecular formula is C18H22N6O3. The molecule has 3 atom stereocenters. The Kier molecular flexibility index (Phi) is 4.85. The van der Waals surface area contributed by atoms with Gasteiger partial charge >= 0.3 is 0 Å². The molecule has 27 heavy (non-hydrogen) atoms. The molecule has 9 heteroatoms. The van der Waals surface area contributed by atoms with E-state index in [9.17, 15) is 9.59 Å². The minimum atomic E-state index is -0.488. The summed E-state index contributed by atoms with van der Waals surface area (Å²) in [6.07, 6.45) is 4.62. The fraction of sp³-hybridized carbons (Fsp3) is 0.500. The summed E-state index contributed by atoms with van der Waals surface area (Å²) < 4.78 is 7.52. The molecule has 2 aromatic rings. The zero-order chi connectivity index (χ0) is 18.8. The van der Waals surface area contributed by atoms with Crippen molar-refractivity contribution in [3.63, 3.8) is 0 Å². The van der Waals surface area contributed by atoms with E-state index in [1.165, 1.54) is 11.0 Å². The predicted octanol–water partition coefficient (Wildman–Crippen LogP) is 0.289. The number of fused-ring (bicyclic) bond motifs is 1. The van der Waals surface area contributed by atoms with Gasteiger partial charge in [0.1, 0.15) is 12.4 Å². The van der Waals surface area contributed by atoms with Gasteiger partial charge in [-0.25, -0.2) is 4.98 Å². The Hall–Kier alpha value is -2.81. The van der Waals surface area contributed by atoms with Crippen LogP contribution in [0.4, 0.5) is 0 Å². The van der Waals surface area contributed by atoms with Crippen molar-refractivity contribution in [3.05, 3.63) is 42.2 Å². The van der Waals surface area contributed by atoms with E-state index in [4.69, 9.17) is 4.74 Å². The number of rotatable bonds is 4. The Morgan fingerprint density at radius 1 is 1.26 bits per heavy atom. The van der Waals surface area contributed by atoms with Crippen LogP contribution in [0.1, 0.15) is 35.6 Å². The van der Waals surface area contributed by atoms with Crippen LogP contribution >= 0.6 is 0 Å². The van der Waals surface area contributed by atoms with Crippen molar-refractivity contribution in [1.82, 2.24) is 30.0 Å². The fourth-order valence-electron chi connectivity index (χ4n) is 3.73. The van der Waals surface area contributed by atoms with Crippen molar-refractivity contribution in [2.24, 2.45) is 7.05 Å². The topological polar surface area (TPSA) is 102 Å². The number of amides is 2. The second kappa shape index (κ2) is 7.43. The first-order valence-electron chi connectivity index (χ1n) is 9.11. The number of nitrogens with zero attached hydrogens (tertiary/aromatic N) is 5. The number of carbonyl (C=O) groups excluding carboxylic acids is 2. The first-order chi connectivity index (χ1) is 13.1. The molecule has 1 N–H and O–H groups in total. The third-order valence-corrected chi connectivity index (χ3v) is 5.06. The van der Waals surface area contributed by atoms with E-state index >= 15 is 0 Å². The van der Waals surface area contributed by atoms with Crippen molar-refractivity contribution in [2.75, 3.05) is 6.54 Å². The van der Waals surface area contributed by atoms with Gasteiger partial charge in [0.25, 0.3) is 5.91 Å². The molecule has 2 aliphatic rings. The summed E-state index contributed by atoms with van der Waals surface area (Å²) >= 11 is 0. The van der Waals surface area contributed by atoms with Gasteiger partial charge in [0, 0.05) is 19.8 Å². The summed E-state index contributed by atoms with van der Waals surface area (Å²) in [5, 5.41) is 6.97. The maximum atomic E-state index is 12.6. The van der Waals surface area contributed by atoms with Crippen LogP contribution in [-0.4, -0.2) is 61.3 Å². The molecule has 4 heterocycles. The highest BCUT2D eigenvalue weighted by Crippen LogP contribution is 2.32. The monoisotopic (exact) mass is 370 g/mol. The second-order valence-electron chi connectivity index (χ2n) is 6.88. The number of hydrogen-bond donors (Lipinski definition) is 1. The molecule has 142 valence electrons. The van der Waals surface area contributed by atoms with Crippen LogP contribution in [0, 0.1) is 0 Å². The molecular weight excluding hydrogens is 348 g/mol. The van der Waals surface area contributed by atoms with Gasteiger partial charge in [-0.2, -0.15) is 0 Å². The lowest BCUT2D eigenvalue weighted by molar-refractivity contribution is -0.143. The number of nitrogens with one attached hydrogen (secondary N) is 1. The molecule has 2 saturated heterocycles. The molecule has 0 spiro atoms. The summed E-state index contributed by atoms with van der Waals surface area (Å²) in [7, 11) is 1.73.